The predicted octanol–water partition coefficient (Wildman–Crippen LogP) is 2.09. The molecule has 2 N–H and O–H groups in total. The third-order valence-corrected chi connectivity index (χ3v) is 3.60. The molecule has 1 aliphatic rings. The molecular weight excluding hydrogens is 300 g/mol. The summed E-state index contributed by atoms with van der Waals surface area (Å²) in [4.78, 5) is 18.2. The molecule has 1 saturated heterocycles. The van der Waals surface area contributed by atoms with Gasteiger partial charge in [0.2, 0.25) is 0 Å². The summed E-state index contributed by atoms with van der Waals surface area (Å²) in [6, 6.07) is 4.93. The number of nitrogens with zero attached hydrogens (tertiary/aromatic N) is 2. The third kappa shape index (κ3) is 5.66. The average molecular weight is 324 g/mol. The van der Waals surface area contributed by atoms with Crippen LogP contribution in [0.3, 0.4) is 0 Å². The molecule has 1 heterocycles. The Morgan fingerprint density at radius 2 is 2.17 bits per heavy atom. The number of morpholine rings is 1. The maximum Gasteiger partial charge on any atom is 0.294 e. The monoisotopic (exact) mass is 324 g/mol. The zero-order valence-corrected chi connectivity index (χ0v) is 13.4. The van der Waals surface area contributed by atoms with Gasteiger partial charge in [-0.2, -0.15) is 0 Å². The number of nitrogens with one attached hydrogen (secondary N) is 2. The molecule has 0 amide bonds. The van der Waals surface area contributed by atoms with Crippen LogP contribution >= 0.6 is 0 Å². The van der Waals surface area contributed by atoms with Gasteiger partial charge in [0.15, 0.2) is 0 Å². The molecule has 0 saturated carbocycles. The van der Waals surface area contributed by atoms with Crippen LogP contribution in [-0.2, 0) is 9.57 Å². The van der Waals surface area contributed by atoms with E-state index < -0.39 is 0 Å². The van der Waals surface area contributed by atoms with Crippen LogP contribution in [0.1, 0.15) is 13.3 Å². The molecule has 0 aliphatic carbocycles. The first-order chi connectivity index (χ1) is 11.2. The number of nitro benzene ring substituents is 1. The van der Waals surface area contributed by atoms with Crippen LogP contribution in [0.25, 0.3) is 0 Å². The van der Waals surface area contributed by atoms with Gasteiger partial charge in [-0.25, -0.2) is 0 Å². The second-order valence-corrected chi connectivity index (χ2v) is 5.26. The Balaban J connectivity index is 1.84. The molecule has 1 fully saturated rings. The maximum absolute atomic E-state index is 11.2. The minimum atomic E-state index is -0.387. The number of ether oxygens (including phenoxy) is 1. The number of rotatable bonds is 9. The minimum absolute atomic E-state index is 0.0427. The fraction of sp³-hybridized carbons (Fsp3) is 0.600. The molecule has 1 aromatic carbocycles. The second-order valence-electron chi connectivity index (χ2n) is 5.26. The van der Waals surface area contributed by atoms with Gasteiger partial charge in [-0.1, -0.05) is 0 Å². The van der Waals surface area contributed by atoms with Crippen molar-refractivity contribution < 1.29 is 14.5 Å². The Morgan fingerprint density at radius 1 is 1.39 bits per heavy atom. The van der Waals surface area contributed by atoms with Crippen LogP contribution in [0.2, 0.25) is 0 Å². The number of hydrogen-bond acceptors (Lipinski definition) is 7. The number of hydrogen-bond donors (Lipinski definition) is 2. The van der Waals surface area contributed by atoms with Crippen molar-refractivity contribution in [2.24, 2.45) is 0 Å². The number of anilines is 2. The van der Waals surface area contributed by atoms with Crippen molar-refractivity contribution >= 4 is 17.1 Å². The SMILES string of the molecule is CCONc1ccc(NCCCN2CCOCC2)c([N+](=O)[O-])c1. The van der Waals surface area contributed by atoms with E-state index in [1.165, 1.54) is 6.07 Å². The highest BCUT2D eigenvalue weighted by Crippen LogP contribution is 2.27. The van der Waals surface area contributed by atoms with Crippen LogP contribution < -0.4 is 10.8 Å². The second kappa shape index (κ2) is 9.29. The van der Waals surface area contributed by atoms with Gasteiger partial charge in [0.05, 0.1) is 30.4 Å². The Morgan fingerprint density at radius 3 is 2.87 bits per heavy atom. The first-order valence-electron chi connectivity index (χ1n) is 7.91. The lowest BCUT2D eigenvalue weighted by Gasteiger charge is -2.26. The van der Waals surface area contributed by atoms with Crippen LogP contribution in [0.5, 0.6) is 0 Å². The lowest BCUT2D eigenvalue weighted by Crippen LogP contribution is -2.37. The highest BCUT2D eigenvalue weighted by molar-refractivity contribution is 5.67. The third-order valence-electron chi connectivity index (χ3n) is 3.60. The van der Waals surface area contributed by atoms with E-state index in [2.05, 4.69) is 15.7 Å². The van der Waals surface area contributed by atoms with Gasteiger partial charge < -0.3 is 10.1 Å². The van der Waals surface area contributed by atoms with Crippen molar-refractivity contribution in [3.05, 3.63) is 28.3 Å². The van der Waals surface area contributed by atoms with E-state index in [-0.39, 0.29) is 10.6 Å². The molecular formula is C15H24N4O4. The van der Waals surface area contributed by atoms with Crippen LogP contribution in [-0.4, -0.2) is 55.8 Å². The molecule has 128 valence electrons. The van der Waals surface area contributed by atoms with E-state index in [9.17, 15) is 10.1 Å². The Kier molecular flexibility index (Phi) is 7.05. The van der Waals surface area contributed by atoms with Gasteiger partial charge >= 0.3 is 0 Å². The molecule has 0 unspecified atom stereocenters. The highest BCUT2D eigenvalue weighted by Gasteiger charge is 2.15. The minimum Gasteiger partial charge on any atom is -0.379 e. The molecule has 8 heteroatoms. The Bertz CT molecular complexity index is 506. The summed E-state index contributed by atoms with van der Waals surface area (Å²) in [5.74, 6) is 0. The molecule has 0 radical (unpaired) electrons. The van der Waals surface area contributed by atoms with Gasteiger partial charge in [-0.05, 0) is 32.0 Å². The van der Waals surface area contributed by atoms with Crippen molar-refractivity contribution in [3.63, 3.8) is 0 Å². The highest BCUT2D eigenvalue weighted by atomic mass is 16.6. The molecule has 0 aromatic heterocycles. The quantitative estimate of drug-likeness (QED) is 0.408. The van der Waals surface area contributed by atoms with E-state index in [0.717, 1.165) is 39.3 Å². The van der Waals surface area contributed by atoms with Crippen molar-refractivity contribution in [2.45, 2.75) is 13.3 Å². The standard InChI is InChI=1S/C15H24N4O4/c1-2-23-17-13-4-5-14(15(12-13)19(20)21)16-6-3-7-18-8-10-22-11-9-18/h4-5,12,16-17H,2-3,6-11H2,1H3. The van der Waals surface area contributed by atoms with Gasteiger partial charge in [-0.15, -0.1) is 0 Å². The van der Waals surface area contributed by atoms with E-state index >= 15 is 0 Å². The van der Waals surface area contributed by atoms with Gasteiger partial charge in [0, 0.05) is 25.7 Å². The Labute approximate surface area is 135 Å². The Hall–Kier alpha value is -1.90. The summed E-state index contributed by atoms with van der Waals surface area (Å²) in [5, 5.41) is 14.4. The van der Waals surface area contributed by atoms with E-state index in [1.54, 1.807) is 12.1 Å². The van der Waals surface area contributed by atoms with E-state index in [1.807, 2.05) is 6.92 Å². The summed E-state index contributed by atoms with van der Waals surface area (Å²) in [6.45, 7) is 7.46. The molecule has 8 nitrogen and oxygen atoms in total. The zero-order chi connectivity index (χ0) is 16.5. The normalized spacial score (nSPS) is 15.3. The maximum atomic E-state index is 11.2. The zero-order valence-electron chi connectivity index (χ0n) is 13.4. The first kappa shape index (κ1) is 17.5. The molecule has 1 aliphatic heterocycles. The lowest BCUT2D eigenvalue weighted by molar-refractivity contribution is -0.383. The summed E-state index contributed by atoms with van der Waals surface area (Å²) in [5.41, 5.74) is 3.81. The molecule has 23 heavy (non-hydrogen) atoms. The number of benzene rings is 1. The summed E-state index contributed by atoms with van der Waals surface area (Å²) >= 11 is 0. The molecule has 1 aromatic rings. The fourth-order valence-corrected chi connectivity index (χ4v) is 2.40. The van der Waals surface area contributed by atoms with Gasteiger partial charge in [-0.3, -0.25) is 25.3 Å². The lowest BCUT2D eigenvalue weighted by atomic mass is 10.2. The fourth-order valence-electron chi connectivity index (χ4n) is 2.40. The van der Waals surface area contributed by atoms with E-state index in [0.29, 0.717) is 24.5 Å². The van der Waals surface area contributed by atoms with Gasteiger partial charge in [0.1, 0.15) is 5.69 Å². The summed E-state index contributed by atoms with van der Waals surface area (Å²) in [6.07, 6.45) is 0.927. The largest absolute Gasteiger partial charge is 0.379 e. The topological polar surface area (TPSA) is 88.9 Å². The summed E-state index contributed by atoms with van der Waals surface area (Å²) in [7, 11) is 0. The smallest absolute Gasteiger partial charge is 0.294 e. The average Bonchev–Trinajstić information content (AvgIpc) is 2.58. The van der Waals surface area contributed by atoms with Crippen molar-refractivity contribution in [3.8, 4) is 0 Å². The molecule has 0 spiro atoms. The van der Waals surface area contributed by atoms with Crippen molar-refractivity contribution in [2.75, 3.05) is 56.8 Å². The van der Waals surface area contributed by atoms with E-state index in [4.69, 9.17) is 9.57 Å². The van der Waals surface area contributed by atoms with Crippen LogP contribution in [0.4, 0.5) is 17.1 Å². The molecule has 0 atom stereocenters. The molecule has 2 rings (SSSR count). The van der Waals surface area contributed by atoms with Gasteiger partial charge in [0.25, 0.3) is 5.69 Å². The van der Waals surface area contributed by atoms with Crippen LogP contribution in [0.15, 0.2) is 18.2 Å². The first-order valence-corrected chi connectivity index (χ1v) is 7.91. The molecule has 0 bridgehead atoms. The summed E-state index contributed by atoms with van der Waals surface area (Å²) < 4.78 is 5.31. The number of nitro groups is 1. The van der Waals surface area contributed by atoms with Crippen molar-refractivity contribution in [1.29, 1.82) is 0 Å². The van der Waals surface area contributed by atoms with Crippen molar-refractivity contribution in [1.82, 2.24) is 4.90 Å². The predicted molar refractivity (Wildman–Crippen MR) is 88.7 cm³/mol. The van der Waals surface area contributed by atoms with Crippen LogP contribution in [0, 0.1) is 10.1 Å².